The van der Waals surface area contributed by atoms with Crippen LogP contribution in [0.2, 0.25) is 0 Å². The van der Waals surface area contributed by atoms with Crippen molar-refractivity contribution in [1.29, 1.82) is 0 Å². The van der Waals surface area contributed by atoms with Crippen LogP contribution in [0.5, 0.6) is 0 Å². The number of aryl methyl sites for hydroxylation is 4. The maximum Gasteiger partial charge on any atom is 0.261 e. The minimum Gasteiger partial charge on any atom is -0.377 e. The summed E-state index contributed by atoms with van der Waals surface area (Å²) in [7, 11) is 1.83. The Morgan fingerprint density at radius 2 is 2.03 bits per heavy atom. The smallest absolute Gasteiger partial charge is 0.261 e. The van der Waals surface area contributed by atoms with Crippen molar-refractivity contribution in [1.82, 2.24) is 24.8 Å². The van der Waals surface area contributed by atoms with Gasteiger partial charge in [-0.2, -0.15) is 10.1 Å². The molecule has 0 saturated carbocycles. The normalized spacial score (nSPS) is 16.9. The van der Waals surface area contributed by atoms with Crippen molar-refractivity contribution in [3.05, 3.63) is 53.1 Å². The third kappa shape index (κ3) is 4.37. The second kappa shape index (κ2) is 8.16. The zero-order chi connectivity index (χ0) is 20.4. The summed E-state index contributed by atoms with van der Waals surface area (Å²) in [5.41, 5.74) is 4.35. The largest absolute Gasteiger partial charge is 0.377 e. The van der Waals surface area contributed by atoms with E-state index in [1.165, 1.54) is 16.7 Å². The van der Waals surface area contributed by atoms with E-state index < -0.39 is 0 Å². The van der Waals surface area contributed by atoms with Crippen molar-refractivity contribution in [2.75, 3.05) is 19.8 Å². The Bertz CT molecular complexity index is 989. The zero-order valence-corrected chi connectivity index (χ0v) is 17.0. The second-order valence-electron chi connectivity index (χ2n) is 7.53. The van der Waals surface area contributed by atoms with Crippen molar-refractivity contribution in [3.8, 4) is 11.5 Å². The van der Waals surface area contributed by atoms with Gasteiger partial charge in [-0.15, -0.1) is 0 Å². The molecule has 0 unspecified atom stereocenters. The summed E-state index contributed by atoms with van der Waals surface area (Å²) < 4.78 is 12.7. The van der Waals surface area contributed by atoms with Crippen molar-refractivity contribution in [2.45, 2.75) is 32.7 Å². The molecule has 3 heterocycles. The number of nitrogens with zero attached hydrogens (tertiary/aromatic N) is 5. The molecule has 1 amide bonds. The molecule has 0 aliphatic carbocycles. The molecule has 8 nitrogen and oxygen atoms in total. The number of hydrogen-bond donors (Lipinski definition) is 0. The van der Waals surface area contributed by atoms with Crippen LogP contribution in [0.4, 0.5) is 0 Å². The number of morpholine rings is 1. The van der Waals surface area contributed by atoms with E-state index in [9.17, 15) is 4.79 Å². The van der Waals surface area contributed by atoms with Crippen LogP contribution in [-0.4, -0.2) is 50.5 Å². The number of ether oxygens (including phenoxy) is 1. The van der Waals surface area contributed by atoms with Crippen LogP contribution >= 0.6 is 0 Å². The van der Waals surface area contributed by atoms with Gasteiger partial charge in [-0.3, -0.25) is 9.48 Å². The highest BCUT2D eigenvalue weighted by atomic mass is 16.5. The molecular weight excluding hydrogens is 370 g/mol. The van der Waals surface area contributed by atoms with E-state index in [0.717, 1.165) is 5.56 Å². The molecule has 1 aliphatic heterocycles. The highest BCUT2D eigenvalue weighted by Gasteiger charge is 2.32. The molecule has 29 heavy (non-hydrogen) atoms. The Morgan fingerprint density at radius 1 is 1.24 bits per heavy atom. The first-order chi connectivity index (χ1) is 14.0. The van der Waals surface area contributed by atoms with Crippen LogP contribution < -0.4 is 0 Å². The fraction of sp³-hybridized carbons (Fsp3) is 0.429. The standard InChI is InChI=1S/C21H25N5O3/c1-14-8-15(2)10-16(9-14)4-5-19(27)26-6-7-28-13-18(26)20-23-21(29-24-20)17-11-22-25(3)12-17/h8-12,18H,4-7,13H2,1-3H3/t18-/m0/s1. The quantitative estimate of drug-likeness (QED) is 0.660. The summed E-state index contributed by atoms with van der Waals surface area (Å²) >= 11 is 0. The predicted molar refractivity (Wildman–Crippen MR) is 106 cm³/mol. The molecule has 8 heteroatoms. The summed E-state index contributed by atoms with van der Waals surface area (Å²) in [5, 5.41) is 8.23. The minimum atomic E-state index is -0.343. The third-order valence-electron chi connectivity index (χ3n) is 5.05. The van der Waals surface area contributed by atoms with Crippen molar-refractivity contribution < 1.29 is 14.1 Å². The number of carbonyl (C=O) groups is 1. The minimum absolute atomic E-state index is 0.0742. The Labute approximate surface area is 169 Å². The highest BCUT2D eigenvalue weighted by molar-refractivity contribution is 5.77. The first kappa shape index (κ1) is 19.3. The fourth-order valence-electron chi connectivity index (χ4n) is 3.74. The summed E-state index contributed by atoms with van der Waals surface area (Å²) in [6.45, 7) is 5.55. The number of amides is 1. The van der Waals surface area contributed by atoms with Gasteiger partial charge in [0.25, 0.3) is 5.89 Å². The van der Waals surface area contributed by atoms with Gasteiger partial charge in [0.05, 0.1) is 25.0 Å². The van der Waals surface area contributed by atoms with Gasteiger partial charge in [-0.25, -0.2) is 0 Å². The van der Waals surface area contributed by atoms with E-state index >= 15 is 0 Å². The van der Waals surface area contributed by atoms with Gasteiger partial charge >= 0.3 is 0 Å². The number of carbonyl (C=O) groups excluding carboxylic acids is 1. The van der Waals surface area contributed by atoms with Crippen LogP contribution in [-0.2, 0) is 23.0 Å². The lowest BCUT2D eigenvalue weighted by Gasteiger charge is -2.33. The summed E-state index contributed by atoms with van der Waals surface area (Å²) in [6, 6.07) is 6.07. The maximum atomic E-state index is 13.0. The Hall–Kier alpha value is -3.00. The molecule has 1 saturated heterocycles. The van der Waals surface area contributed by atoms with E-state index in [2.05, 4.69) is 47.3 Å². The summed E-state index contributed by atoms with van der Waals surface area (Å²) in [5.74, 6) is 0.926. The molecule has 2 aromatic heterocycles. The second-order valence-corrected chi connectivity index (χ2v) is 7.53. The number of benzene rings is 1. The average molecular weight is 395 g/mol. The van der Waals surface area contributed by atoms with Crippen LogP contribution in [0.25, 0.3) is 11.5 Å². The van der Waals surface area contributed by atoms with Gasteiger partial charge in [-0.1, -0.05) is 34.5 Å². The molecule has 1 aromatic carbocycles. The first-order valence-corrected chi connectivity index (χ1v) is 9.76. The highest BCUT2D eigenvalue weighted by Crippen LogP contribution is 2.26. The lowest BCUT2D eigenvalue weighted by molar-refractivity contribution is -0.140. The predicted octanol–water partition coefficient (Wildman–Crippen LogP) is 2.62. The van der Waals surface area contributed by atoms with Crippen molar-refractivity contribution in [3.63, 3.8) is 0 Å². The molecule has 0 bridgehead atoms. The van der Waals surface area contributed by atoms with Crippen LogP contribution in [0.15, 0.2) is 35.1 Å². The lowest BCUT2D eigenvalue weighted by Crippen LogP contribution is -2.44. The fourth-order valence-corrected chi connectivity index (χ4v) is 3.74. The van der Waals surface area contributed by atoms with E-state index in [-0.39, 0.29) is 11.9 Å². The van der Waals surface area contributed by atoms with Gasteiger partial charge < -0.3 is 14.2 Å². The molecule has 0 radical (unpaired) electrons. The zero-order valence-electron chi connectivity index (χ0n) is 17.0. The summed E-state index contributed by atoms with van der Waals surface area (Å²) in [6.07, 6.45) is 4.62. The van der Waals surface area contributed by atoms with Crippen LogP contribution in [0.1, 0.15) is 35.0 Å². The molecule has 0 N–H and O–H groups in total. The SMILES string of the molecule is Cc1cc(C)cc(CCC(=O)N2CCOC[C@H]2c2noc(-c3cnn(C)c3)n2)c1. The summed E-state index contributed by atoms with van der Waals surface area (Å²) in [4.78, 5) is 19.3. The Morgan fingerprint density at radius 3 is 2.76 bits per heavy atom. The van der Waals surface area contributed by atoms with Gasteiger partial charge in [0.2, 0.25) is 5.91 Å². The topological polar surface area (TPSA) is 86.3 Å². The molecule has 3 aromatic rings. The Balaban J connectivity index is 1.47. The van der Waals surface area contributed by atoms with Crippen molar-refractivity contribution in [2.24, 2.45) is 7.05 Å². The number of rotatable bonds is 5. The van der Waals surface area contributed by atoms with Gasteiger partial charge in [0, 0.05) is 26.2 Å². The van der Waals surface area contributed by atoms with Gasteiger partial charge in [0.15, 0.2) is 5.82 Å². The molecule has 1 fully saturated rings. The molecule has 152 valence electrons. The van der Waals surface area contributed by atoms with Gasteiger partial charge in [0.1, 0.15) is 6.04 Å². The first-order valence-electron chi connectivity index (χ1n) is 9.76. The van der Waals surface area contributed by atoms with Crippen molar-refractivity contribution >= 4 is 5.91 Å². The molecule has 0 spiro atoms. The van der Waals surface area contributed by atoms with E-state index in [1.807, 2.05) is 11.9 Å². The van der Waals surface area contributed by atoms with Gasteiger partial charge in [-0.05, 0) is 25.8 Å². The molecule has 4 rings (SSSR count). The maximum absolute atomic E-state index is 13.0. The number of hydrogen-bond acceptors (Lipinski definition) is 6. The van der Waals surface area contributed by atoms with E-state index in [4.69, 9.17) is 9.26 Å². The van der Waals surface area contributed by atoms with Crippen LogP contribution in [0, 0.1) is 13.8 Å². The Kier molecular flexibility index (Phi) is 5.44. The molecule has 1 atom stereocenters. The third-order valence-corrected chi connectivity index (χ3v) is 5.05. The molecular formula is C21H25N5O3. The average Bonchev–Trinajstić information content (AvgIpc) is 3.34. The molecule has 1 aliphatic rings. The number of aromatic nitrogens is 4. The monoisotopic (exact) mass is 395 g/mol. The lowest BCUT2D eigenvalue weighted by atomic mass is 10.0. The van der Waals surface area contributed by atoms with E-state index in [1.54, 1.807) is 17.1 Å². The van der Waals surface area contributed by atoms with E-state index in [0.29, 0.717) is 44.3 Å². The van der Waals surface area contributed by atoms with Crippen LogP contribution in [0.3, 0.4) is 0 Å².